The topological polar surface area (TPSA) is 49.3 Å². The van der Waals surface area contributed by atoms with Crippen molar-refractivity contribution in [3.63, 3.8) is 0 Å². The van der Waals surface area contributed by atoms with E-state index >= 15 is 0 Å². The summed E-state index contributed by atoms with van der Waals surface area (Å²) >= 11 is 1.60. The zero-order valence-corrected chi connectivity index (χ0v) is 10.7. The molecular formula is C14H15NO2S. The Hall–Kier alpha value is -1.81. The maximum absolute atomic E-state index is 11.6. The number of carbonyl (C=O) groups excluding carboxylic acids is 1. The third-order valence-electron chi connectivity index (χ3n) is 2.62. The predicted molar refractivity (Wildman–Crippen MR) is 72.8 cm³/mol. The Morgan fingerprint density at radius 1 is 1.17 bits per heavy atom. The summed E-state index contributed by atoms with van der Waals surface area (Å²) in [5, 5.41) is 16.0. The van der Waals surface area contributed by atoms with E-state index in [2.05, 4.69) is 5.32 Å². The average Bonchev–Trinajstić information content (AvgIpc) is 2.84. The molecule has 1 amide bonds. The van der Waals surface area contributed by atoms with Gasteiger partial charge in [-0.1, -0.05) is 12.1 Å². The Labute approximate surface area is 110 Å². The lowest BCUT2D eigenvalue weighted by molar-refractivity contribution is -0.120. The number of carbonyl (C=O) groups is 1. The van der Waals surface area contributed by atoms with Gasteiger partial charge in [-0.05, 0) is 46.5 Å². The maximum atomic E-state index is 11.6. The summed E-state index contributed by atoms with van der Waals surface area (Å²) in [6.07, 6.45) is 1.22. The molecule has 0 radical (unpaired) electrons. The molecule has 0 aliphatic heterocycles. The van der Waals surface area contributed by atoms with Crippen LogP contribution in [0.2, 0.25) is 0 Å². The summed E-state index contributed by atoms with van der Waals surface area (Å²) in [6, 6.07) is 9.00. The molecule has 18 heavy (non-hydrogen) atoms. The molecule has 1 heterocycles. The third-order valence-corrected chi connectivity index (χ3v) is 3.35. The molecule has 1 aromatic heterocycles. The smallest absolute Gasteiger partial charge is 0.224 e. The lowest BCUT2D eigenvalue weighted by Crippen LogP contribution is -2.27. The van der Waals surface area contributed by atoms with Crippen LogP contribution in [0.3, 0.4) is 0 Å². The van der Waals surface area contributed by atoms with Crippen molar-refractivity contribution in [2.24, 2.45) is 0 Å². The number of rotatable bonds is 5. The van der Waals surface area contributed by atoms with E-state index in [1.165, 1.54) is 0 Å². The standard InChI is InChI=1S/C14H15NO2S/c16-13-3-1-11(2-4-13)5-7-15-14(17)9-12-6-8-18-10-12/h1-4,6,8,10,16H,5,7,9H2,(H,15,17). The summed E-state index contributed by atoms with van der Waals surface area (Å²) in [5.74, 6) is 0.312. The van der Waals surface area contributed by atoms with Crippen LogP contribution in [0, 0.1) is 0 Å². The summed E-state index contributed by atoms with van der Waals surface area (Å²) in [7, 11) is 0. The first-order valence-electron chi connectivity index (χ1n) is 5.80. The number of hydrogen-bond acceptors (Lipinski definition) is 3. The Bertz CT molecular complexity index is 491. The minimum absolute atomic E-state index is 0.0483. The van der Waals surface area contributed by atoms with Gasteiger partial charge in [0.15, 0.2) is 0 Å². The number of aromatic hydroxyl groups is 1. The molecule has 0 saturated carbocycles. The van der Waals surface area contributed by atoms with E-state index < -0.39 is 0 Å². The van der Waals surface area contributed by atoms with Crippen LogP contribution in [0.25, 0.3) is 0 Å². The van der Waals surface area contributed by atoms with E-state index in [4.69, 9.17) is 5.11 Å². The van der Waals surface area contributed by atoms with Gasteiger partial charge in [-0.15, -0.1) is 0 Å². The van der Waals surface area contributed by atoms with Crippen LogP contribution in [0.1, 0.15) is 11.1 Å². The second-order valence-electron chi connectivity index (χ2n) is 4.07. The van der Waals surface area contributed by atoms with Crippen molar-refractivity contribution in [2.45, 2.75) is 12.8 Å². The fraction of sp³-hybridized carbons (Fsp3) is 0.214. The van der Waals surface area contributed by atoms with Crippen LogP contribution in [0.5, 0.6) is 5.75 Å². The summed E-state index contributed by atoms with van der Waals surface area (Å²) in [6.45, 7) is 0.619. The van der Waals surface area contributed by atoms with E-state index in [0.29, 0.717) is 13.0 Å². The lowest BCUT2D eigenvalue weighted by Gasteiger charge is -2.04. The van der Waals surface area contributed by atoms with Crippen LogP contribution < -0.4 is 5.32 Å². The molecule has 0 spiro atoms. The number of phenols is 1. The molecule has 2 rings (SSSR count). The normalized spacial score (nSPS) is 10.2. The monoisotopic (exact) mass is 261 g/mol. The van der Waals surface area contributed by atoms with Gasteiger partial charge in [0.2, 0.25) is 5.91 Å². The van der Waals surface area contributed by atoms with E-state index in [1.54, 1.807) is 23.5 Å². The van der Waals surface area contributed by atoms with Gasteiger partial charge in [-0.2, -0.15) is 11.3 Å². The Balaban J connectivity index is 1.72. The highest BCUT2D eigenvalue weighted by Crippen LogP contribution is 2.09. The molecule has 3 nitrogen and oxygen atoms in total. The van der Waals surface area contributed by atoms with Crippen molar-refractivity contribution in [3.05, 3.63) is 52.2 Å². The number of hydrogen-bond donors (Lipinski definition) is 2. The summed E-state index contributed by atoms with van der Waals surface area (Å²) < 4.78 is 0. The average molecular weight is 261 g/mol. The molecule has 0 atom stereocenters. The SMILES string of the molecule is O=C(Cc1ccsc1)NCCc1ccc(O)cc1. The van der Waals surface area contributed by atoms with Gasteiger partial charge >= 0.3 is 0 Å². The number of phenolic OH excluding ortho intramolecular Hbond substituents is 1. The molecule has 2 aromatic rings. The van der Waals surface area contributed by atoms with Crippen molar-refractivity contribution >= 4 is 17.2 Å². The molecule has 1 aromatic carbocycles. The number of benzene rings is 1. The van der Waals surface area contributed by atoms with Crippen molar-refractivity contribution in [1.82, 2.24) is 5.32 Å². The molecule has 0 aliphatic carbocycles. The van der Waals surface area contributed by atoms with Crippen molar-refractivity contribution in [2.75, 3.05) is 6.54 Å². The fourth-order valence-corrected chi connectivity index (χ4v) is 2.32. The maximum Gasteiger partial charge on any atom is 0.224 e. The van der Waals surface area contributed by atoms with Gasteiger partial charge in [-0.25, -0.2) is 0 Å². The van der Waals surface area contributed by atoms with E-state index in [9.17, 15) is 4.79 Å². The van der Waals surface area contributed by atoms with Gasteiger partial charge < -0.3 is 10.4 Å². The Morgan fingerprint density at radius 3 is 2.61 bits per heavy atom. The van der Waals surface area contributed by atoms with E-state index in [1.807, 2.05) is 29.0 Å². The molecule has 0 bridgehead atoms. The largest absolute Gasteiger partial charge is 0.508 e. The molecule has 94 valence electrons. The van der Waals surface area contributed by atoms with Crippen LogP contribution in [0.15, 0.2) is 41.1 Å². The molecule has 0 saturated heterocycles. The molecule has 0 aliphatic rings. The molecule has 0 fully saturated rings. The predicted octanol–water partition coefficient (Wildman–Crippen LogP) is 2.36. The van der Waals surface area contributed by atoms with Crippen molar-refractivity contribution < 1.29 is 9.90 Å². The number of thiophene rings is 1. The van der Waals surface area contributed by atoms with Crippen molar-refractivity contribution in [3.8, 4) is 5.75 Å². The second kappa shape index (κ2) is 6.21. The summed E-state index contributed by atoms with van der Waals surface area (Å²) in [5.41, 5.74) is 2.16. The highest BCUT2D eigenvalue weighted by molar-refractivity contribution is 7.07. The fourth-order valence-electron chi connectivity index (χ4n) is 1.65. The van der Waals surface area contributed by atoms with Gasteiger partial charge in [-0.3, -0.25) is 4.79 Å². The zero-order chi connectivity index (χ0) is 12.8. The van der Waals surface area contributed by atoms with Crippen LogP contribution in [-0.4, -0.2) is 17.6 Å². The highest BCUT2D eigenvalue weighted by atomic mass is 32.1. The number of amides is 1. The minimum atomic E-state index is 0.0483. The Morgan fingerprint density at radius 2 is 1.94 bits per heavy atom. The van der Waals surface area contributed by atoms with Crippen LogP contribution in [0.4, 0.5) is 0 Å². The van der Waals surface area contributed by atoms with Gasteiger partial charge in [0.25, 0.3) is 0 Å². The van der Waals surface area contributed by atoms with Gasteiger partial charge in [0.05, 0.1) is 6.42 Å². The minimum Gasteiger partial charge on any atom is -0.508 e. The first-order valence-corrected chi connectivity index (χ1v) is 6.74. The zero-order valence-electron chi connectivity index (χ0n) is 9.93. The van der Waals surface area contributed by atoms with Crippen molar-refractivity contribution in [1.29, 1.82) is 0 Å². The highest BCUT2D eigenvalue weighted by Gasteiger charge is 2.03. The second-order valence-corrected chi connectivity index (χ2v) is 4.85. The van der Waals surface area contributed by atoms with E-state index in [-0.39, 0.29) is 11.7 Å². The third kappa shape index (κ3) is 3.89. The number of nitrogens with one attached hydrogen (secondary N) is 1. The van der Waals surface area contributed by atoms with Crippen LogP contribution in [-0.2, 0) is 17.6 Å². The Kier molecular flexibility index (Phi) is 4.36. The molecule has 4 heteroatoms. The van der Waals surface area contributed by atoms with Gasteiger partial charge in [0, 0.05) is 6.54 Å². The molecule has 0 unspecified atom stereocenters. The van der Waals surface area contributed by atoms with E-state index in [0.717, 1.165) is 17.5 Å². The van der Waals surface area contributed by atoms with Gasteiger partial charge in [0.1, 0.15) is 5.75 Å². The lowest BCUT2D eigenvalue weighted by atomic mass is 10.1. The first kappa shape index (κ1) is 12.6. The van der Waals surface area contributed by atoms with Crippen LogP contribution >= 0.6 is 11.3 Å². The quantitative estimate of drug-likeness (QED) is 0.868. The first-order chi connectivity index (χ1) is 8.74. The summed E-state index contributed by atoms with van der Waals surface area (Å²) in [4.78, 5) is 11.6. The molecular weight excluding hydrogens is 246 g/mol. The molecule has 2 N–H and O–H groups in total.